The number of carbonyl (C=O) groups excluding carboxylic acids is 2. The Morgan fingerprint density at radius 2 is 1.92 bits per heavy atom. The van der Waals surface area contributed by atoms with E-state index in [-0.39, 0.29) is 11.4 Å². The third-order valence-corrected chi connectivity index (χ3v) is 8.10. The van der Waals surface area contributed by atoms with Crippen molar-refractivity contribution in [2.75, 3.05) is 6.54 Å². The second-order valence-corrected chi connectivity index (χ2v) is 10.3. The second kappa shape index (κ2) is 9.17. The van der Waals surface area contributed by atoms with Crippen LogP contribution in [0.1, 0.15) is 33.4 Å². The van der Waals surface area contributed by atoms with Gasteiger partial charge in [-0.25, -0.2) is 9.97 Å². The van der Waals surface area contributed by atoms with Gasteiger partial charge in [0.1, 0.15) is 0 Å². The fourth-order valence-electron chi connectivity index (χ4n) is 4.95. The molecule has 37 heavy (non-hydrogen) atoms. The van der Waals surface area contributed by atoms with Crippen LogP contribution in [0.3, 0.4) is 0 Å². The van der Waals surface area contributed by atoms with E-state index in [1.807, 2.05) is 46.4 Å². The molecule has 1 unspecified atom stereocenters. The number of nitrogens with zero attached hydrogens (tertiary/aromatic N) is 5. The first kappa shape index (κ1) is 23.4. The minimum Gasteiger partial charge on any atom is -0.503 e. The number of fused-ring (bicyclic) bond motifs is 3. The van der Waals surface area contributed by atoms with Crippen molar-refractivity contribution in [1.82, 2.24) is 23.8 Å². The lowest BCUT2D eigenvalue weighted by atomic mass is 9.95. The predicted octanol–water partition coefficient (Wildman–Crippen LogP) is 5.38. The summed E-state index contributed by atoms with van der Waals surface area (Å²) in [4.78, 5) is 38.7. The Bertz CT molecular complexity index is 1680. The van der Waals surface area contributed by atoms with Gasteiger partial charge in [0.05, 0.1) is 33.9 Å². The number of ketones is 1. The summed E-state index contributed by atoms with van der Waals surface area (Å²) in [6, 6.07) is 14.0. The number of Topliss-reactive ketones (excluding diaryl/α,β-unsaturated/α-hetero) is 1. The van der Waals surface area contributed by atoms with Crippen LogP contribution in [0, 0.1) is 6.92 Å². The lowest BCUT2D eigenvalue weighted by molar-refractivity contribution is -0.129. The highest BCUT2D eigenvalue weighted by Crippen LogP contribution is 2.41. The van der Waals surface area contributed by atoms with Gasteiger partial charge in [0.2, 0.25) is 5.78 Å². The number of halogens is 1. The molecule has 6 rings (SSSR count). The minimum atomic E-state index is -0.731. The summed E-state index contributed by atoms with van der Waals surface area (Å²) in [6.45, 7) is 2.86. The smallest absolute Gasteiger partial charge is 0.290 e. The van der Waals surface area contributed by atoms with E-state index in [1.54, 1.807) is 41.7 Å². The van der Waals surface area contributed by atoms with Gasteiger partial charge in [0.15, 0.2) is 10.7 Å². The lowest BCUT2D eigenvalue weighted by Gasteiger charge is -2.27. The SMILES string of the molecule is Cc1c(C(=O)C2=C(O)C(=O)N(CCCn3ccnc3)C2c2ccc(Cl)cc2)sc2nc3ccccc3n12. The maximum atomic E-state index is 14.0. The normalized spacial score (nSPS) is 16.0. The maximum Gasteiger partial charge on any atom is 0.290 e. The summed E-state index contributed by atoms with van der Waals surface area (Å²) in [6.07, 6.45) is 5.89. The van der Waals surface area contributed by atoms with Crippen molar-refractivity contribution >= 4 is 50.6 Å². The standard InChI is InChI=1S/C27H22ClN5O3S/c1-16-25(37-27-30-19-5-2-3-6-20(19)33(16)27)23(34)21-22(17-7-9-18(28)10-8-17)32(26(36)24(21)35)13-4-12-31-14-11-29-15-31/h2-3,5-11,14-15,22,35H,4,12-13H2,1H3. The molecule has 4 heterocycles. The predicted molar refractivity (Wildman–Crippen MR) is 142 cm³/mol. The van der Waals surface area contributed by atoms with E-state index in [0.29, 0.717) is 39.9 Å². The molecule has 1 aliphatic heterocycles. The molecule has 0 spiro atoms. The number of aromatic nitrogens is 4. The highest BCUT2D eigenvalue weighted by atomic mass is 35.5. The Morgan fingerprint density at radius 3 is 2.68 bits per heavy atom. The molecular weight excluding hydrogens is 510 g/mol. The van der Waals surface area contributed by atoms with Crippen molar-refractivity contribution in [1.29, 1.82) is 0 Å². The molecule has 0 fully saturated rings. The minimum absolute atomic E-state index is 0.0758. The monoisotopic (exact) mass is 531 g/mol. The zero-order valence-corrected chi connectivity index (χ0v) is 21.4. The number of benzene rings is 2. The van der Waals surface area contributed by atoms with E-state index in [1.165, 1.54) is 11.3 Å². The number of aliphatic hydroxyl groups is 1. The van der Waals surface area contributed by atoms with Crippen LogP contribution in [0.25, 0.3) is 16.0 Å². The Morgan fingerprint density at radius 1 is 1.14 bits per heavy atom. The molecule has 0 bridgehead atoms. The average molecular weight is 532 g/mol. The first-order valence-corrected chi connectivity index (χ1v) is 13.0. The van der Waals surface area contributed by atoms with Crippen LogP contribution in [0.4, 0.5) is 0 Å². The van der Waals surface area contributed by atoms with E-state index in [2.05, 4.69) is 9.97 Å². The molecular formula is C27H22ClN5O3S. The van der Waals surface area contributed by atoms with Gasteiger partial charge in [-0.1, -0.05) is 47.2 Å². The third kappa shape index (κ3) is 3.91. The Kier molecular flexibility index (Phi) is 5.81. The van der Waals surface area contributed by atoms with Gasteiger partial charge in [0.25, 0.3) is 5.91 Å². The first-order valence-electron chi connectivity index (χ1n) is 11.8. The summed E-state index contributed by atoms with van der Waals surface area (Å²) in [5.74, 6) is -1.44. The number of aryl methyl sites for hydroxylation is 2. The number of thiazole rings is 1. The third-order valence-electron chi connectivity index (χ3n) is 6.70. The van der Waals surface area contributed by atoms with Crippen molar-refractivity contribution in [2.24, 2.45) is 0 Å². The number of hydrogen-bond donors (Lipinski definition) is 1. The Balaban J connectivity index is 1.39. The van der Waals surface area contributed by atoms with Gasteiger partial charge < -0.3 is 14.6 Å². The van der Waals surface area contributed by atoms with Gasteiger partial charge in [-0.2, -0.15) is 0 Å². The number of para-hydroxylation sites is 2. The molecule has 5 aromatic rings. The molecule has 8 nitrogen and oxygen atoms in total. The van der Waals surface area contributed by atoms with Crippen LogP contribution in [0.5, 0.6) is 0 Å². The molecule has 0 saturated carbocycles. The molecule has 1 N–H and O–H groups in total. The van der Waals surface area contributed by atoms with Crippen LogP contribution in [-0.2, 0) is 11.3 Å². The van der Waals surface area contributed by atoms with Crippen molar-refractivity contribution < 1.29 is 14.7 Å². The zero-order chi connectivity index (χ0) is 25.7. The Labute approximate surface area is 221 Å². The van der Waals surface area contributed by atoms with Crippen LogP contribution in [0.2, 0.25) is 5.02 Å². The van der Waals surface area contributed by atoms with Gasteiger partial charge in [0, 0.05) is 36.2 Å². The molecule has 0 aliphatic carbocycles. The van der Waals surface area contributed by atoms with Crippen molar-refractivity contribution in [3.63, 3.8) is 0 Å². The van der Waals surface area contributed by atoms with Crippen LogP contribution < -0.4 is 0 Å². The van der Waals surface area contributed by atoms with Gasteiger partial charge in [-0.3, -0.25) is 14.0 Å². The number of rotatable bonds is 7. The fraction of sp³-hybridized carbons (Fsp3) is 0.185. The van der Waals surface area contributed by atoms with Crippen molar-refractivity contribution in [2.45, 2.75) is 25.9 Å². The average Bonchev–Trinajstić information content (AvgIpc) is 3.66. The number of carbonyl (C=O) groups is 2. The van der Waals surface area contributed by atoms with Gasteiger partial charge >= 0.3 is 0 Å². The molecule has 2 aromatic carbocycles. The quantitative estimate of drug-likeness (QED) is 0.285. The number of hydrogen-bond acceptors (Lipinski definition) is 6. The number of amides is 1. The molecule has 1 amide bonds. The molecule has 1 aliphatic rings. The van der Waals surface area contributed by atoms with Gasteiger partial charge in [-0.05, 0) is 43.2 Å². The van der Waals surface area contributed by atoms with E-state index in [9.17, 15) is 14.7 Å². The Hall–Kier alpha value is -3.95. The second-order valence-electron chi connectivity index (χ2n) is 8.93. The topological polar surface area (TPSA) is 92.7 Å². The largest absolute Gasteiger partial charge is 0.503 e. The first-order chi connectivity index (χ1) is 17.9. The maximum absolute atomic E-state index is 14.0. The van der Waals surface area contributed by atoms with E-state index >= 15 is 0 Å². The van der Waals surface area contributed by atoms with Crippen molar-refractivity contribution in [3.05, 3.63) is 99.7 Å². The molecule has 1 atom stereocenters. The molecule has 0 saturated heterocycles. The van der Waals surface area contributed by atoms with Crippen LogP contribution in [-0.4, -0.2) is 47.2 Å². The molecule has 10 heteroatoms. The van der Waals surface area contributed by atoms with E-state index < -0.39 is 17.7 Å². The summed E-state index contributed by atoms with van der Waals surface area (Å²) < 4.78 is 3.87. The number of imidazole rings is 2. The van der Waals surface area contributed by atoms with Gasteiger partial charge in [-0.15, -0.1) is 0 Å². The summed E-state index contributed by atoms with van der Waals surface area (Å²) in [5, 5.41) is 11.6. The molecule has 3 aromatic heterocycles. The fourth-order valence-corrected chi connectivity index (χ4v) is 6.17. The van der Waals surface area contributed by atoms with E-state index in [0.717, 1.165) is 16.7 Å². The van der Waals surface area contributed by atoms with Crippen LogP contribution >= 0.6 is 22.9 Å². The molecule has 186 valence electrons. The highest BCUT2D eigenvalue weighted by molar-refractivity contribution is 7.19. The lowest BCUT2D eigenvalue weighted by Crippen LogP contribution is -2.32. The summed E-state index contributed by atoms with van der Waals surface area (Å²) in [5.41, 5.74) is 3.25. The molecule has 0 radical (unpaired) electrons. The van der Waals surface area contributed by atoms with Crippen molar-refractivity contribution in [3.8, 4) is 0 Å². The zero-order valence-electron chi connectivity index (χ0n) is 19.8. The summed E-state index contributed by atoms with van der Waals surface area (Å²) in [7, 11) is 0. The number of aliphatic hydroxyl groups excluding tert-OH is 1. The van der Waals surface area contributed by atoms with E-state index in [4.69, 9.17) is 11.6 Å². The van der Waals surface area contributed by atoms with Crippen LogP contribution in [0.15, 0.2) is 78.6 Å². The highest BCUT2D eigenvalue weighted by Gasteiger charge is 2.44. The summed E-state index contributed by atoms with van der Waals surface area (Å²) >= 11 is 7.38.